The minimum Gasteiger partial charge on any atom is -0.477 e. The van der Waals surface area contributed by atoms with Gasteiger partial charge in [0.05, 0.1) is 0 Å². The number of aromatic carboxylic acids is 1. The second kappa shape index (κ2) is 5.68. The first-order valence-corrected chi connectivity index (χ1v) is 5.92. The molecule has 1 aromatic rings. The summed E-state index contributed by atoms with van der Waals surface area (Å²) in [6.07, 6.45) is 3.21. The number of aromatic nitrogens is 1. The lowest BCUT2D eigenvalue weighted by Crippen LogP contribution is -2.40. The van der Waals surface area contributed by atoms with Crippen molar-refractivity contribution in [3.05, 3.63) is 24.0 Å². The molecule has 0 spiro atoms. The van der Waals surface area contributed by atoms with Crippen LogP contribution in [0.3, 0.4) is 0 Å². The Balaban J connectivity index is 1.90. The zero-order valence-corrected chi connectivity index (χ0v) is 9.96. The maximum absolute atomic E-state index is 11.8. The summed E-state index contributed by atoms with van der Waals surface area (Å²) in [5.41, 5.74) is 0.122. The van der Waals surface area contributed by atoms with Crippen LogP contribution in [0.25, 0.3) is 0 Å². The first kappa shape index (κ1) is 12.6. The van der Waals surface area contributed by atoms with E-state index in [1.165, 1.54) is 10.6 Å². The van der Waals surface area contributed by atoms with E-state index in [0.29, 0.717) is 13.2 Å². The Kier molecular flexibility index (Phi) is 3.99. The lowest BCUT2D eigenvalue weighted by atomic mass is 10.1. The summed E-state index contributed by atoms with van der Waals surface area (Å²) in [5, 5.41) is 11.8. The monoisotopic (exact) mass is 252 g/mol. The number of nitrogens with zero attached hydrogens (tertiary/aromatic N) is 1. The highest BCUT2D eigenvalue weighted by Crippen LogP contribution is 2.07. The number of rotatable bonds is 4. The van der Waals surface area contributed by atoms with Gasteiger partial charge < -0.3 is 19.7 Å². The molecule has 6 heteroatoms. The number of carbonyl (C=O) groups excluding carboxylic acids is 1. The summed E-state index contributed by atoms with van der Waals surface area (Å²) in [6, 6.07) is 3.23. The fourth-order valence-electron chi connectivity index (χ4n) is 2.02. The highest BCUT2D eigenvalue weighted by molar-refractivity contribution is 5.86. The van der Waals surface area contributed by atoms with Crippen molar-refractivity contribution >= 4 is 11.9 Å². The quantitative estimate of drug-likeness (QED) is 0.816. The molecule has 0 bridgehead atoms. The summed E-state index contributed by atoms with van der Waals surface area (Å²) in [5.74, 6) is -1.19. The van der Waals surface area contributed by atoms with Crippen LogP contribution in [0.4, 0.5) is 0 Å². The largest absolute Gasteiger partial charge is 0.477 e. The molecule has 0 unspecified atom stereocenters. The molecule has 18 heavy (non-hydrogen) atoms. The molecular weight excluding hydrogens is 236 g/mol. The molecule has 1 saturated heterocycles. The zero-order valence-electron chi connectivity index (χ0n) is 9.96. The van der Waals surface area contributed by atoms with Gasteiger partial charge in [-0.05, 0) is 25.0 Å². The second-order valence-electron chi connectivity index (χ2n) is 4.28. The lowest BCUT2D eigenvalue weighted by Gasteiger charge is -2.23. The number of carboxylic acids is 1. The molecule has 1 aromatic heterocycles. The van der Waals surface area contributed by atoms with Crippen molar-refractivity contribution in [3.63, 3.8) is 0 Å². The van der Waals surface area contributed by atoms with Gasteiger partial charge in [0.1, 0.15) is 12.2 Å². The number of amides is 1. The highest BCUT2D eigenvalue weighted by atomic mass is 16.5. The summed E-state index contributed by atoms with van der Waals surface area (Å²) in [6.45, 7) is 1.36. The van der Waals surface area contributed by atoms with Gasteiger partial charge in [0.25, 0.3) is 0 Å². The summed E-state index contributed by atoms with van der Waals surface area (Å²) in [7, 11) is 0. The topological polar surface area (TPSA) is 80.6 Å². The molecule has 1 aliphatic rings. The van der Waals surface area contributed by atoms with Crippen LogP contribution in [0.2, 0.25) is 0 Å². The normalized spacial score (nSPS) is 16.4. The predicted octanol–water partition coefficient (Wildman–Crippen LogP) is 0.482. The van der Waals surface area contributed by atoms with Gasteiger partial charge in [-0.25, -0.2) is 4.79 Å². The molecule has 1 aliphatic heterocycles. The number of hydrogen-bond donors (Lipinski definition) is 2. The van der Waals surface area contributed by atoms with Crippen LogP contribution in [0.1, 0.15) is 23.3 Å². The lowest BCUT2D eigenvalue weighted by molar-refractivity contribution is -0.122. The van der Waals surface area contributed by atoms with E-state index in [9.17, 15) is 9.59 Å². The first-order valence-electron chi connectivity index (χ1n) is 5.92. The van der Waals surface area contributed by atoms with Gasteiger partial charge in [-0.2, -0.15) is 0 Å². The number of carbonyl (C=O) groups is 2. The van der Waals surface area contributed by atoms with Crippen LogP contribution < -0.4 is 5.32 Å². The summed E-state index contributed by atoms with van der Waals surface area (Å²) >= 11 is 0. The Morgan fingerprint density at radius 1 is 1.44 bits per heavy atom. The van der Waals surface area contributed by atoms with Gasteiger partial charge in [0, 0.05) is 25.5 Å². The van der Waals surface area contributed by atoms with Gasteiger partial charge in [0.2, 0.25) is 5.91 Å². The van der Waals surface area contributed by atoms with Crippen LogP contribution in [0.5, 0.6) is 0 Å². The number of hydrogen-bond acceptors (Lipinski definition) is 3. The van der Waals surface area contributed by atoms with Gasteiger partial charge in [-0.3, -0.25) is 4.79 Å². The molecule has 2 N–H and O–H groups in total. The Hall–Kier alpha value is -1.82. The molecule has 0 aliphatic carbocycles. The van der Waals surface area contributed by atoms with E-state index in [1.807, 2.05) is 0 Å². The van der Waals surface area contributed by atoms with Crippen molar-refractivity contribution in [2.24, 2.45) is 0 Å². The van der Waals surface area contributed by atoms with Crippen molar-refractivity contribution in [1.82, 2.24) is 9.88 Å². The summed E-state index contributed by atoms with van der Waals surface area (Å²) < 4.78 is 6.63. The fourth-order valence-corrected chi connectivity index (χ4v) is 2.02. The second-order valence-corrected chi connectivity index (χ2v) is 4.28. The van der Waals surface area contributed by atoms with E-state index in [0.717, 1.165) is 12.8 Å². The van der Waals surface area contributed by atoms with Crippen LogP contribution in [-0.4, -0.2) is 40.8 Å². The van der Waals surface area contributed by atoms with Crippen molar-refractivity contribution < 1.29 is 19.4 Å². The Morgan fingerprint density at radius 2 is 2.17 bits per heavy atom. The van der Waals surface area contributed by atoms with E-state index >= 15 is 0 Å². The van der Waals surface area contributed by atoms with E-state index < -0.39 is 5.97 Å². The third-order valence-corrected chi connectivity index (χ3v) is 2.95. The average Bonchev–Trinajstić information content (AvgIpc) is 2.78. The maximum atomic E-state index is 11.8. The molecule has 0 radical (unpaired) electrons. The molecule has 0 saturated carbocycles. The minimum atomic E-state index is -1.03. The molecule has 2 heterocycles. The molecule has 1 fully saturated rings. The Labute approximate surface area is 105 Å². The van der Waals surface area contributed by atoms with Gasteiger partial charge in [-0.15, -0.1) is 0 Å². The predicted molar refractivity (Wildman–Crippen MR) is 63.4 cm³/mol. The molecule has 1 amide bonds. The van der Waals surface area contributed by atoms with Crippen LogP contribution in [0.15, 0.2) is 18.3 Å². The van der Waals surface area contributed by atoms with Gasteiger partial charge in [-0.1, -0.05) is 0 Å². The Morgan fingerprint density at radius 3 is 2.83 bits per heavy atom. The zero-order chi connectivity index (χ0) is 13.0. The van der Waals surface area contributed by atoms with E-state index in [4.69, 9.17) is 9.84 Å². The van der Waals surface area contributed by atoms with E-state index in [1.54, 1.807) is 12.3 Å². The highest BCUT2D eigenvalue weighted by Gasteiger charge is 2.17. The fraction of sp³-hybridized carbons (Fsp3) is 0.500. The van der Waals surface area contributed by atoms with E-state index in [2.05, 4.69) is 5.32 Å². The van der Waals surface area contributed by atoms with E-state index in [-0.39, 0.29) is 24.2 Å². The summed E-state index contributed by atoms with van der Waals surface area (Å²) in [4.78, 5) is 22.7. The van der Waals surface area contributed by atoms with Gasteiger partial charge >= 0.3 is 5.97 Å². The minimum absolute atomic E-state index is 0.0337. The number of ether oxygens (including phenoxy) is 1. The smallest absolute Gasteiger partial charge is 0.352 e. The van der Waals surface area contributed by atoms with Crippen LogP contribution in [0, 0.1) is 0 Å². The van der Waals surface area contributed by atoms with Crippen molar-refractivity contribution in [1.29, 1.82) is 0 Å². The molecule has 98 valence electrons. The third kappa shape index (κ3) is 3.10. The van der Waals surface area contributed by atoms with Crippen LogP contribution >= 0.6 is 0 Å². The Bertz CT molecular complexity index is 435. The van der Waals surface area contributed by atoms with Crippen molar-refractivity contribution in [2.45, 2.75) is 25.4 Å². The average molecular weight is 252 g/mol. The molecule has 2 rings (SSSR count). The molecular formula is C12H16N2O4. The van der Waals surface area contributed by atoms with Crippen molar-refractivity contribution in [3.8, 4) is 0 Å². The molecule has 0 aromatic carbocycles. The van der Waals surface area contributed by atoms with Crippen LogP contribution in [-0.2, 0) is 16.1 Å². The SMILES string of the molecule is O=C(Cn1cccc1C(=O)O)NC1CCOCC1. The first-order chi connectivity index (χ1) is 8.66. The third-order valence-electron chi connectivity index (χ3n) is 2.95. The number of nitrogens with one attached hydrogen (secondary N) is 1. The molecule has 0 atom stereocenters. The standard InChI is InChI=1S/C12H16N2O4/c15-11(13-9-3-6-18-7-4-9)8-14-5-1-2-10(14)12(16)17/h1-2,5,9H,3-4,6-8H2,(H,13,15)(H,16,17). The number of carboxylic acid groups (broad SMARTS) is 1. The maximum Gasteiger partial charge on any atom is 0.352 e. The molecule has 6 nitrogen and oxygen atoms in total. The van der Waals surface area contributed by atoms with Crippen molar-refractivity contribution in [2.75, 3.05) is 13.2 Å². The van der Waals surface area contributed by atoms with Gasteiger partial charge in [0.15, 0.2) is 0 Å².